The molecule has 6 heteroatoms. The van der Waals surface area contributed by atoms with Gasteiger partial charge in [-0.1, -0.05) is 13.8 Å². The van der Waals surface area contributed by atoms with Gasteiger partial charge in [0.1, 0.15) is 12.4 Å². The molecule has 17 heavy (non-hydrogen) atoms. The van der Waals surface area contributed by atoms with Crippen molar-refractivity contribution < 1.29 is 8.78 Å². The number of nitrogens with zero attached hydrogens (tertiary/aromatic N) is 4. The van der Waals surface area contributed by atoms with Gasteiger partial charge in [0.25, 0.3) is 6.43 Å². The van der Waals surface area contributed by atoms with Crippen LogP contribution in [0.5, 0.6) is 0 Å². The van der Waals surface area contributed by atoms with E-state index < -0.39 is 13.0 Å². The Morgan fingerprint density at radius 3 is 2.65 bits per heavy atom. The summed E-state index contributed by atoms with van der Waals surface area (Å²) in [6, 6.07) is 0. The summed E-state index contributed by atoms with van der Waals surface area (Å²) in [5, 5.41) is 4.80. The lowest BCUT2D eigenvalue weighted by Gasteiger charge is -2.05. The van der Waals surface area contributed by atoms with Crippen molar-refractivity contribution in [2.75, 3.05) is 0 Å². The van der Waals surface area contributed by atoms with Crippen molar-refractivity contribution in [2.24, 2.45) is 0 Å². The summed E-state index contributed by atoms with van der Waals surface area (Å²) in [6.45, 7) is 5.26. The Labute approximate surface area is 97.7 Å². The fourth-order valence-electron chi connectivity index (χ4n) is 1.66. The van der Waals surface area contributed by atoms with E-state index >= 15 is 0 Å². The van der Waals surface area contributed by atoms with Crippen molar-refractivity contribution in [1.82, 2.24) is 19.7 Å². The Bertz CT molecular complexity index is 533. The Balaban J connectivity index is 2.56. The van der Waals surface area contributed by atoms with Crippen molar-refractivity contribution in [2.45, 2.75) is 39.7 Å². The topological polar surface area (TPSA) is 43.6 Å². The normalized spacial score (nSPS) is 11.9. The van der Waals surface area contributed by atoms with E-state index in [9.17, 15) is 8.78 Å². The molecule has 2 aromatic rings. The molecule has 0 aliphatic carbocycles. The molecule has 0 atom stereocenters. The lowest BCUT2D eigenvalue weighted by Crippen LogP contribution is -2.09. The van der Waals surface area contributed by atoms with Crippen LogP contribution < -0.4 is 0 Å². The van der Waals surface area contributed by atoms with Crippen LogP contribution in [-0.2, 0) is 6.54 Å². The molecule has 0 saturated carbocycles. The third-order valence-electron chi connectivity index (χ3n) is 2.52. The minimum Gasteiger partial charge on any atom is -0.241 e. The van der Waals surface area contributed by atoms with Crippen molar-refractivity contribution in [1.29, 1.82) is 0 Å². The fourth-order valence-corrected chi connectivity index (χ4v) is 1.66. The Morgan fingerprint density at radius 2 is 2.06 bits per heavy atom. The molecule has 4 nitrogen and oxygen atoms in total. The summed E-state index contributed by atoms with van der Waals surface area (Å²) in [5.41, 5.74) is 1.16. The van der Waals surface area contributed by atoms with Crippen molar-refractivity contribution >= 4 is 11.0 Å². The highest BCUT2D eigenvalue weighted by Gasteiger charge is 2.14. The maximum Gasteiger partial charge on any atom is 0.258 e. The van der Waals surface area contributed by atoms with Crippen LogP contribution in [0.3, 0.4) is 0 Å². The standard InChI is InChI=1S/C11H14F2N4/c1-6(2)10-14-4-8-7(3)16-17(5-9(12)13)11(8)15-10/h4,6,9H,5H2,1-3H3. The van der Waals surface area contributed by atoms with Crippen LogP contribution in [0.25, 0.3) is 11.0 Å². The van der Waals surface area contributed by atoms with Crippen LogP contribution in [0.15, 0.2) is 6.20 Å². The van der Waals surface area contributed by atoms with Crippen LogP contribution in [0.2, 0.25) is 0 Å². The maximum absolute atomic E-state index is 12.4. The highest BCUT2D eigenvalue weighted by molar-refractivity contribution is 5.77. The molecule has 0 aliphatic rings. The van der Waals surface area contributed by atoms with Gasteiger partial charge in [-0.3, -0.25) is 0 Å². The number of hydrogen-bond donors (Lipinski definition) is 0. The molecule has 0 unspecified atom stereocenters. The first kappa shape index (κ1) is 11.9. The molecule has 0 saturated heterocycles. The Morgan fingerprint density at radius 1 is 1.35 bits per heavy atom. The lowest BCUT2D eigenvalue weighted by atomic mass is 10.2. The minimum absolute atomic E-state index is 0.162. The Kier molecular flexibility index (Phi) is 3.04. The van der Waals surface area contributed by atoms with Gasteiger partial charge in [0, 0.05) is 12.1 Å². The minimum atomic E-state index is -2.44. The van der Waals surface area contributed by atoms with Gasteiger partial charge in [-0.05, 0) is 6.92 Å². The molecule has 0 amide bonds. The highest BCUT2D eigenvalue weighted by atomic mass is 19.3. The van der Waals surface area contributed by atoms with Gasteiger partial charge in [0.2, 0.25) is 0 Å². The number of halogens is 2. The van der Waals surface area contributed by atoms with E-state index in [1.165, 1.54) is 4.68 Å². The average Bonchev–Trinajstić information content (AvgIpc) is 2.54. The van der Waals surface area contributed by atoms with Gasteiger partial charge in [0.15, 0.2) is 5.65 Å². The summed E-state index contributed by atoms with van der Waals surface area (Å²) in [4.78, 5) is 8.51. The van der Waals surface area contributed by atoms with Gasteiger partial charge in [0.05, 0.1) is 11.1 Å². The summed E-state index contributed by atoms with van der Waals surface area (Å²) >= 11 is 0. The van der Waals surface area contributed by atoms with Gasteiger partial charge in [-0.25, -0.2) is 23.4 Å². The van der Waals surface area contributed by atoms with Crippen LogP contribution in [-0.4, -0.2) is 26.2 Å². The molecule has 0 N–H and O–H groups in total. The number of aryl methyl sites for hydroxylation is 1. The second-order valence-electron chi connectivity index (χ2n) is 4.28. The predicted octanol–water partition coefficient (Wildman–Crippen LogP) is 2.52. The molecule has 0 aromatic carbocycles. The zero-order valence-electron chi connectivity index (χ0n) is 9.98. The SMILES string of the molecule is Cc1nn(CC(F)F)c2nc(C(C)C)ncc12. The zero-order chi connectivity index (χ0) is 12.6. The molecule has 0 fully saturated rings. The van der Waals surface area contributed by atoms with E-state index in [2.05, 4.69) is 15.1 Å². The second-order valence-corrected chi connectivity index (χ2v) is 4.28. The van der Waals surface area contributed by atoms with E-state index in [-0.39, 0.29) is 5.92 Å². The third kappa shape index (κ3) is 2.25. The number of rotatable bonds is 3. The quantitative estimate of drug-likeness (QED) is 0.828. The first-order valence-corrected chi connectivity index (χ1v) is 5.47. The van der Waals surface area contributed by atoms with Crippen LogP contribution in [0, 0.1) is 6.92 Å². The van der Waals surface area contributed by atoms with E-state index in [1.54, 1.807) is 13.1 Å². The molecule has 0 spiro atoms. The molecule has 0 radical (unpaired) electrons. The monoisotopic (exact) mass is 240 g/mol. The van der Waals surface area contributed by atoms with Crippen LogP contribution in [0.4, 0.5) is 8.78 Å². The highest BCUT2D eigenvalue weighted by Crippen LogP contribution is 2.18. The van der Waals surface area contributed by atoms with Crippen LogP contribution >= 0.6 is 0 Å². The number of hydrogen-bond acceptors (Lipinski definition) is 3. The molecule has 0 bridgehead atoms. The van der Waals surface area contributed by atoms with Gasteiger partial charge in [-0.15, -0.1) is 0 Å². The summed E-state index contributed by atoms with van der Waals surface area (Å²) < 4.78 is 26.1. The molecule has 2 heterocycles. The van der Waals surface area contributed by atoms with E-state index in [4.69, 9.17) is 0 Å². The van der Waals surface area contributed by atoms with Crippen molar-refractivity contribution in [3.05, 3.63) is 17.7 Å². The van der Waals surface area contributed by atoms with Gasteiger partial charge >= 0.3 is 0 Å². The summed E-state index contributed by atoms with van der Waals surface area (Å²) in [6.07, 6.45) is -0.780. The number of aromatic nitrogens is 4. The van der Waals surface area contributed by atoms with E-state index in [1.807, 2.05) is 13.8 Å². The smallest absolute Gasteiger partial charge is 0.241 e. The predicted molar refractivity (Wildman–Crippen MR) is 60.2 cm³/mol. The average molecular weight is 240 g/mol. The van der Waals surface area contributed by atoms with Gasteiger partial charge < -0.3 is 0 Å². The summed E-state index contributed by atoms with van der Waals surface area (Å²) in [7, 11) is 0. The van der Waals surface area contributed by atoms with Crippen molar-refractivity contribution in [3.8, 4) is 0 Å². The van der Waals surface area contributed by atoms with Crippen LogP contribution in [0.1, 0.15) is 31.3 Å². The van der Waals surface area contributed by atoms with E-state index in [0.717, 1.165) is 5.39 Å². The molecular formula is C11H14F2N4. The molecule has 0 aliphatic heterocycles. The lowest BCUT2D eigenvalue weighted by molar-refractivity contribution is 0.123. The largest absolute Gasteiger partial charge is 0.258 e. The Hall–Kier alpha value is -1.59. The van der Waals surface area contributed by atoms with E-state index in [0.29, 0.717) is 17.2 Å². The molecule has 2 rings (SSSR count). The summed E-state index contributed by atoms with van der Waals surface area (Å²) in [5.74, 6) is 0.808. The van der Waals surface area contributed by atoms with Crippen molar-refractivity contribution in [3.63, 3.8) is 0 Å². The first-order chi connectivity index (χ1) is 7.99. The molecular weight excluding hydrogens is 226 g/mol. The maximum atomic E-state index is 12.4. The second kappa shape index (κ2) is 4.35. The number of alkyl halides is 2. The zero-order valence-corrected chi connectivity index (χ0v) is 9.98. The molecule has 92 valence electrons. The fraction of sp³-hybridized carbons (Fsp3) is 0.545. The number of fused-ring (bicyclic) bond motifs is 1. The third-order valence-corrected chi connectivity index (χ3v) is 2.52. The van der Waals surface area contributed by atoms with Gasteiger partial charge in [-0.2, -0.15) is 5.10 Å². The molecule has 2 aromatic heterocycles. The first-order valence-electron chi connectivity index (χ1n) is 5.47.